The summed E-state index contributed by atoms with van der Waals surface area (Å²) in [6.45, 7) is 2.74. The third-order valence-corrected chi connectivity index (χ3v) is 2.03. The van der Waals surface area contributed by atoms with Crippen LogP contribution in [0.1, 0.15) is 32.6 Å². The van der Waals surface area contributed by atoms with Crippen LogP contribution >= 0.6 is 0 Å². The first-order valence-corrected chi connectivity index (χ1v) is 4.68. The van der Waals surface area contributed by atoms with Crippen LogP contribution in [0.15, 0.2) is 12.2 Å². The van der Waals surface area contributed by atoms with Crippen molar-refractivity contribution in [2.75, 3.05) is 6.61 Å². The van der Waals surface area contributed by atoms with Crippen molar-refractivity contribution < 1.29 is 9.53 Å². The summed E-state index contributed by atoms with van der Waals surface area (Å²) in [6, 6.07) is 0. The Bertz CT molecular complexity index is 173. The molecule has 12 heavy (non-hydrogen) atoms. The van der Waals surface area contributed by atoms with Gasteiger partial charge in [0.1, 0.15) is 0 Å². The summed E-state index contributed by atoms with van der Waals surface area (Å²) in [5.74, 6) is -0.0149. The molecule has 0 spiro atoms. The summed E-state index contributed by atoms with van der Waals surface area (Å²) >= 11 is 0. The monoisotopic (exact) mass is 168 g/mol. The second kappa shape index (κ2) is 4.96. The average molecular weight is 168 g/mol. The van der Waals surface area contributed by atoms with Crippen LogP contribution in [0, 0.1) is 5.92 Å². The number of allylic oxidation sites excluding steroid dienone is 1. The minimum Gasteiger partial charge on any atom is -0.465 e. The molecule has 1 heterocycles. The van der Waals surface area contributed by atoms with Gasteiger partial charge in [0.25, 0.3) is 0 Å². The Kier molecular flexibility index (Phi) is 3.85. The van der Waals surface area contributed by atoms with Gasteiger partial charge in [-0.15, -0.1) is 0 Å². The zero-order valence-corrected chi connectivity index (χ0v) is 7.58. The number of ether oxygens (including phenoxy) is 1. The second-order valence-corrected chi connectivity index (χ2v) is 3.13. The van der Waals surface area contributed by atoms with Gasteiger partial charge in [-0.3, -0.25) is 4.79 Å². The highest BCUT2D eigenvalue weighted by Gasteiger charge is 2.20. The Balaban J connectivity index is 2.33. The fourth-order valence-electron chi connectivity index (χ4n) is 1.30. The second-order valence-electron chi connectivity index (χ2n) is 3.13. The molecule has 1 aliphatic rings. The van der Waals surface area contributed by atoms with Crippen molar-refractivity contribution in [1.82, 2.24) is 0 Å². The molecule has 1 saturated heterocycles. The summed E-state index contributed by atoms with van der Waals surface area (Å²) < 4.78 is 4.93. The van der Waals surface area contributed by atoms with E-state index in [9.17, 15) is 4.79 Å². The van der Waals surface area contributed by atoms with Gasteiger partial charge in [0.2, 0.25) is 0 Å². The van der Waals surface area contributed by atoms with Crippen molar-refractivity contribution >= 4 is 5.97 Å². The van der Waals surface area contributed by atoms with Gasteiger partial charge < -0.3 is 4.74 Å². The predicted molar refractivity (Wildman–Crippen MR) is 47.7 cm³/mol. The van der Waals surface area contributed by atoms with E-state index in [4.69, 9.17) is 4.74 Å². The van der Waals surface area contributed by atoms with Crippen molar-refractivity contribution in [2.45, 2.75) is 32.6 Å². The maximum Gasteiger partial charge on any atom is 0.312 e. The molecule has 0 saturated carbocycles. The van der Waals surface area contributed by atoms with Crippen LogP contribution in [0.5, 0.6) is 0 Å². The Morgan fingerprint density at radius 2 is 2.50 bits per heavy atom. The molecule has 68 valence electrons. The van der Waals surface area contributed by atoms with E-state index in [0.29, 0.717) is 6.61 Å². The SMILES string of the molecule is CCC/C=C\C1CCCOC1=O. The van der Waals surface area contributed by atoms with Crippen molar-refractivity contribution in [3.8, 4) is 0 Å². The molecule has 0 bridgehead atoms. The molecule has 0 aromatic rings. The van der Waals surface area contributed by atoms with Crippen LogP contribution in [-0.2, 0) is 9.53 Å². The van der Waals surface area contributed by atoms with E-state index in [1.54, 1.807) is 0 Å². The van der Waals surface area contributed by atoms with E-state index in [0.717, 1.165) is 25.7 Å². The quantitative estimate of drug-likeness (QED) is 0.477. The van der Waals surface area contributed by atoms with Gasteiger partial charge in [0, 0.05) is 0 Å². The van der Waals surface area contributed by atoms with Crippen molar-refractivity contribution in [3.63, 3.8) is 0 Å². The molecule has 1 unspecified atom stereocenters. The molecule has 0 radical (unpaired) electrons. The number of carbonyl (C=O) groups excluding carboxylic acids is 1. The number of cyclic esters (lactones) is 1. The van der Waals surface area contributed by atoms with Crippen LogP contribution in [0.25, 0.3) is 0 Å². The molecule has 0 amide bonds. The highest BCUT2D eigenvalue weighted by molar-refractivity contribution is 5.74. The number of esters is 1. The normalized spacial score (nSPS) is 24.4. The lowest BCUT2D eigenvalue weighted by Gasteiger charge is -2.17. The van der Waals surface area contributed by atoms with Crippen LogP contribution in [0.4, 0.5) is 0 Å². The van der Waals surface area contributed by atoms with E-state index < -0.39 is 0 Å². The molecule has 0 N–H and O–H groups in total. The molecule has 0 aromatic carbocycles. The molecular formula is C10H16O2. The van der Waals surface area contributed by atoms with Gasteiger partial charge >= 0.3 is 5.97 Å². The van der Waals surface area contributed by atoms with Crippen LogP contribution in [-0.4, -0.2) is 12.6 Å². The van der Waals surface area contributed by atoms with Crippen molar-refractivity contribution in [1.29, 1.82) is 0 Å². The third-order valence-electron chi connectivity index (χ3n) is 2.03. The molecule has 1 atom stereocenters. The summed E-state index contributed by atoms with van der Waals surface area (Å²) in [5, 5.41) is 0. The Hall–Kier alpha value is -0.790. The molecule has 0 aliphatic carbocycles. The fraction of sp³-hybridized carbons (Fsp3) is 0.700. The van der Waals surface area contributed by atoms with E-state index in [-0.39, 0.29) is 11.9 Å². The zero-order chi connectivity index (χ0) is 8.81. The predicted octanol–water partition coefficient (Wildman–Crippen LogP) is 2.30. The summed E-state index contributed by atoms with van der Waals surface area (Å²) in [5.41, 5.74) is 0. The van der Waals surface area contributed by atoms with Crippen LogP contribution < -0.4 is 0 Å². The minimum absolute atomic E-state index is 0.0327. The van der Waals surface area contributed by atoms with E-state index in [1.807, 2.05) is 6.08 Å². The molecule has 0 aromatic heterocycles. The summed E-state index contributed by atoms with van der Waals surface area (Å²) in [6.07, 6.45) is 8.23. The maximum atomic E-state index is 11.1. The lowest BCUT2D eigenvalue weighted by atomic mass is 10.0. The van der Waals surface area contributed by atoms with Gasteiger partial charge in [-0.05, 0) is 19.3 Å². The standard InChI is InChI=1S/C10H16O2/c1-2-3-4-6-9-7-5-8-12-10(9)11/h4,6,9H,2-3,5,7-8H2,1H3/b6-4-. The fourth-order valence-corrected chi connectivity index (χ4v) is 1.30. The van der Waals surface area contributed by atoms with Crippen molar-refractivity contribution in [3.05, 3.63) is 12.2 Å². The van der Waals surface area contributed by atoms with Crippen LogP contribution in [0.3, 0.4) is 0 Å². The molecular weight excluding hydrogens is 152 g/mol. The van der Waals surface area contributed by atoms with E-state index in [1.165, 1.54) is 0 Å². The van der Waals surface area contributed by atoms with Gasteiger partial charge in [0.15, 0.2) is 0 Å². The van der Waals surface area contributed by atoms with E-state index >= 15 is 0 Å². The molecule has 1 rings (SSSR count). The molecule has 1 fully saturated rings. The van der Waals surface area contributed by atoms with Gasteiger partial charge in [-0.1, -0.05) is 25.5 Å². The van der Waals surface area contributed by atoms with Gasteiger partial charge in [-0.2, -0.15) is 0 Å². The van der Waals surface area contributed by atoms with Crippen molar-refractivity contribution in [2.24, 2.45) is 5.92 Å². The van der Waals surface area contributed by atoms with Gasteiger partial charge in [0.05, 0.1) is 12.5 Å². The first-order valence-electron chi connectivity index (χ1n) is 4.68. The number of hydrogen-bond acceptors (Lipinski definition) is 2. The molecule has 1 aliphatic heterocycles. The van der Waals surface area contributed by atoms with Crippen LogP contribution in [0.2, 0.25) is 0 Å². The van der Waals surface area contributed by atoms with Gasteiger partial charge in [-0.25, -0.2) is 0 Å². The number of rotatable bonds is 3. The lowest BCUT2D eigenvalue weighted by Crippen LogP contribution is -2.22. The first-order chi connectivity index (χ1) is 5.84. The smallest absolute Gasteiger partial charge is 0.312 e. The highest BCUT2D eigenvalue weighted by Crippen LogP contribution is 2.16. The average Bonchev–Trinajstić information content (AvgIpc) is 2.09. The largest absolute Gasteiger partial charge is 0.465 e. The molecule has 2 heteroatoms. The Morgan fingerprint density at radius 1 is 1.67 bits per heavy atom. The number of unbranched alkanes of at least 4 members (excludes halogenated alkanes) is 1. The summed E-state index contributed by atoms with van der Waals surface area (Å²) in [7, 11) is 0. The lowest BCUT2D eigenvalue weighted by molar-refractivity contribution is -0.150. The third kappa shape index (κ3) is 2.68. The summed E-state index contributed by atoms with van der Waals surface area (Å²) in [4.78, 5) is 11.1. The first kappa shape index (κ1) is 9.30. The highest BCUT2D eigenvalue weighted by atomic mass is 16.5. The maximum absolute atomic E-state index is 11.1. The van der Waals surface area contributed by atoms with E-state index in [2.05, 4.69) is 13.0 Å². The zero-order valence-electron chi connectivity index (χ0n) is 7.58. The number of hydrogen-bond donors (Lipinski definition) is 0. The Labute approximate surface area is 73.6 Å². The number of carbonyl (C=O) groups is 1. The minimum atomic E-state index is -0.0476. The Morgan fingerprint density at radius 3 is 3.17 bits per heavy atom. The topological polar surface area (TPSA) is 26.3 Å². The molecule has 2 nitrogen and oxygen atoms in total.